The molecule has 2 aromatic rings. The monoisotopic (exact) mass is 319 g/mol. The molecule has 22 heavy (non-hydrogen) atoms. The fraction of sp³-hybridized carbons (Fsp3) is 0.267. The van der Waals surface area contributed by atoms with Gasteiger partial charge >= 0.3 is 5.97 Å². The number of aromatic amines is 1. The Kier molecular flexibility index (Phi) is 3.62. The first-order chi connectivity index (χ1) is 10.5. The molecule has 1 aromatic carbocycles. The number of nitrogens with one attached hydrogen (secondary N) is 2. The summed E-state index contributed by atoms with van der Waals surface area (Å²) in [6.45, 7) is 1.90. The lowest BCUT2D eigenvalue weighted by Gasteiger charge is -2.24. The summed E-state index contributed by atoms with van der Waals surface area (Å²) >= 11 is 6.43. The molecule has 0 radical (unpaired) electrons. The van der Waals surface area contributed by atoms with Gasteiger partial charge in [-0.3, -0.25) is 9.89 Å². The Bertz CT molecular complexity index is 810. The fourth-order valence-electron chi connectivity index (χ4n) is 2.66. The van der Waals surface area contributed by atoms with Gasteiger partial charge in [0.2, 0.25) is 0 Å². The van der Waals surface area contributed by atoms with Gasteiger partial charge in [-0.05, 0) is 18.6 Å². The van der Waals surface area contributed by atoms with E-state index in [0.717, 1.165) is 22.0 Å². The van der Waals surface area contributed by atoms with Gasteiger partial charge in [-0.1, -0.05) is 11.6 Å². The number of Topliss-reactive ketones (excluding diaryl/α,β-unsaturated/α-hetero) is 1. The molecule has 0 spiro atoms. The second-order valence-electron chi connectivity index (χ2n) is 5.15. The van der Waals surface area contributed by atoms with E-state index in [1.165, 1.54) is 13.3 Å². The molecule has 7 heteroatoms. The van der Waals surface area contributed by atoms with Crippen molar-refractivity contribution in [3.8, 4) is 0 Å². The molecule has 1 unspecified atom stereocenters. The zero-order chi connectivity index (χ0) is 15.9. The zero-order valence-electron chi connectivity index (χ0n) is 12.1. The van der Waals surface area contributed by atoms with Crippen molar-refractivity contribution in [1.82, 2.24) is 15.5 Å². The van der Waals surface area contributed by atoms with E-state index in [1.807, 2.05) is 13.0 Å². The van der Waals surface area contributed by atoms with Crippen molar-refractivity contribution in [2.45, 2.75) is 19.4 Å². The fourth-order valence-corrected chi connectivity index (χ4v) is 2.95. The molecule has 3 rings (SSSR count). The Hall–Kier alpha value is -2.34. The second-order valence-corrected chi connectivity index (χ2v) is 5.53. The van der Waals surface area contributed by atoms with E-state index in [2.05, 4.69) is 20.3 Å². The number of aryl methyl sites for hydroxylation is 1. The third-order valence-electron chi connectivity index (χ3n) is 3.78. The molecule has 0 fully saturated rings. The van der Waals surface area contributed by atoms with Crippen LogP contribution in [0, 0.1) is 6.92 Å². The van der Waals surface area contributed by atoms with Crippen molar-refractivity contribution < 1.29 is 14.3 Å². The summed E-state index contributed by atoms with van der Waals surface area (Å²) in [6.07, 6.45) is 3.21. The average molecular weight is 320 g/mol. The summed E-state index contributed by atoms with van der Waals surface area (Å²) < 4.78 is 4.59. The first-order valence-electron chi connectivity index (χ1n) is 6.72. The van der Waals surface area contributed by atoms with Gasteiger partial charge in [0.25, 0.3) is 0 Å². The number of rotatable bonds is 2. The van der Waals surface area contributed by atoms with Gasteiger partial charge in [-0.2, -0.15) is 5.10 Å². The summed E-state index contributed by atoms with van der Waals surface area (Å²) in [6, 6.07) is 1.60. The molecule has 6 nitrogen and oxygen atoms in total. The maximum Gasteiger partial charge on any atom is 0.342 e. The standard InChI is InChI=1S/C15H14ClN3O3/c1-7-3-10-8(6-18-19-10)13(14(7)16)11-4-12(20)9(5-17-11)15(21)22-2/h3,5-6,11,17H,4H2,1-2H3,(H,18,19). The lowest BCUT2D eigenvalue weighted by atomic mass is 9.92. The smallest absolute Gasteiger partial charge is 0.342 e. The van der Waals surface area contributed by atoms with Gasteiger partial charge in [0.1, 0.15) is 5.57 Å². The maximum atomic E-state index is 12.2. The van der Waals surface area contributed by atoms with Gasteiger partial charge in [0, 0.05) is 28.6 Å². The predicted octanol–water partition coefficient (Wildman–Crippen LogP) is 2.19. The molecule has 0 bridgehead atoms. The number of ether oxygens (including phenoxy) is 1. The van der Waals surface area contributed by atoms with Gasteiger partial charge in [0.05, 0.1) is 24.9 Å². The quantitative estimate of drug-likeness (QED) is 0.655. The van der Waals surface area contributed by atoms with Crippen LogP contribution in [0.15, 0.2) is 24.0 Å². The molecule has 0 saturated carbocycles. The zero-order valence-corrected chi connectivity index (χ0v) is 12.8. The second kappa shape index (κ2) is 5.46. The number of methoxy groups -OCH3 is 1. The summed E-state index contributed by atoms with van der Waals surface area (Å²) in [5.41, 5.74) is 2.57. The molecule has 114 valence electrons. The number of fused-ring (bicyclic) bond motifs is 1. The SMILES string of the molecule is COC(=O)C1=CNC(c2c(Cl)c(C)cc3[nH]ncc23)CC1=O. The van der Waals surface area contributed by atoms with Crippen LogP contribution in [-0.2, 0) is 14.3 Å². The van der Waals surface area contributed by atoms with Crippen molar-refractivity contribution >= 4 is 34.3 Å². The van der Waals surface area contributed by atoms with Crippen LogP contribution in [-0.4, -0.2) is 29.1 Å². The highest BCUT2D eigenvalue weighted by molar-refractivity contribution is 6.33. The summed E-state index contributed by atoms with van der Waals surface area (Å²) in [5, 5.41) is 11.5. The van der Waals surface area contributed by atoms with E-state index in [0.29, 0.717) is 5.02 Å². The van der Waals surface area contributed by atoms with Gasteiger partial charge < -0.3 is 10.1 Å². The van der Waals surface area contributed by atoms with Crippen LogP contribution >= 0.6 is 11.6 Å². The lowest BCUT2D eigenvalue weighted by molar-refractivity contribution is -0.138. The third kappa shape index (κ3) is 2.25. The Morgan fingerprint density at radius 3 is 2.95 bits per heavy atom. The number of hydrogen-bond donors (Lipinski definition) is 2. The molecule has 2 heterocycles. The average Bonchev–Trinajstić information content (AvgIpc) is 2.95. The van der Waals surface area contributed by atoms with Crippen LogP contribution in [0.3, 0.4) is 0 Å². The number of ketones is 1. The largest absolute Gasteiger partial charge is 0.465 e. The molecule has 1 aliphatic rings. The number of benzene rings is 1. The van der Waals surface area contributed by atoms with E-state index in [4.69, 9.17) is 11.6 Å². The Morgan fingerprint density at radius 1 is 1.50 bits per heavy atom. The van der Waals surface area contributed by atoms with Gasteiger partial charge in [-0.25, -0.2) is 4.79 Å². The highest BCUT2D eigenvalue weighted by Crippen LogP contribution is 2.36. The highest BCUT2D eigenvalue weighted by Gasteiger charge is 2.30. The lowest BCUT2D eigenvalue weighted by Crippen LogP contribution is -2.30. The number of aromatic nitrogens is 2. The van der Waals surface area contributed by atoms with Crippen LogP contribution in [0.4, 0.5) is 0 Å². The number of hydrogen-bond acceptors (Lipinski definition) is 5. The highest BCUT2D eigenvalue weighted by atomic mass is 35.5. The topological polar surface area (TPSA) is 84.1 Å². The van der Waals surface area contributed by atoms with Crippen molar-refractivity contribution in [3.63, 3.8) is 0 Å². The minimum absolute atomic E-state index is 0.0194. The van der Waals surface area contributed by atoms with Crippen LogP contribution in [0.2, 0.25) is 5.02 Å². The van der Waals surface area contributed by atoms with Gasteiger partial charge in [-0.15, -0.1) is 0 Å². The Labute approximate surface area is 131 Å². The van der Waals surface area contributed by atoms with Crippen LogP contribution in [0.5, 0.6) is 0 Å². The van der Waals surface area contributed by atoms with Gasteiger partial charge in [0.15, 0.2) is 5.78 Å². The third-order valence-corrected chi connectivity index (χ3v) is 4.28. The predicted molar refractivity (Wildman–Crippen MR) is 81.4 cm³/mol. The number of halogens is 1. The minimum Gasteiger partial charge on any atom is -0.465 e. The van der Waals surface area contributed by atoms with Crippen molar-refractivity contribution in [2.24, 2.45) is 0 Å². The first kappa shape index (κ1) is 14.6. The van der Waals surface area contributed by atoms with Crippen molar-refractivity contribution in [2.75, 3.05) is 7.11 Å². The van der Waals surface area contributed by atoms with Crippen LogP contribution in [0.25, 0.3) is 10.9 Å². The van der Waals surface area contributed by atoms with Crippen molar-refractivity contribution in [1.29, 1.82) is 0 Å². The molecular formula is C15H14ClN3O3. The molecule has 0 saturated heterocycles. The van der Waals surface area contributed by atoms with Crippen LogP contribution in [0.1, 0.15) is 23.6 Å². The summed E-state index contributed by atoms with van der Waals surface area (Å²) in [4.78, 5) is 23.7. The van der Waals surface area contributed by atoms with Crippen molar-refractivity contribution in [3.05, 3.63) is 40.2 Å². The normalized spacial score (nSPS) is 18.0. The number of carbonyl (C=O) groups excluding carboxylic acids is 2. The number of H-pyrrole nitrogens is 1. The van der Waals surface area contributed by atoms with E-state index >= 15 is 0 Å². The number of nitrogens with zero attached hydrogens (tertiary/aromatic N) is 1. The van der Waals surface area contributed by atoms with E-state index < -0.39 is 5.97 Å². The molecule has 1 aliphatic heterocycles. The first-order valence-corrected chi connectivity index (χ1v) is 7.10. The summed E-state index contributed by atoms with van der Waals surface area (Å²) in [7, 11) is 1.25. The van der Waals surface area contributed by atoms with E-state index in [-0.39, 0.29) is 23.8 Å². The molecule has 0 aliphatic carbocycles. The van der Waals surface area contributed by atoms with E-state index in [1.54, 1.807) is 6.20 Å². The molecular weight excluding hydrogens is 306 g/mol. The minimum atomic E-state index is -0.639. The molecule has 0 amide bonds. The number of carbonyl (C=O) groups is 2. The molecule has 1 aromatic heterocycles. The Balaban J connectivity index is 2.05. The summed E-state index contributed by atoms with van der Waals surface area (Å²) in [5.74, 6) is -0.912. The van der Waals surface area contributed by atoms with Crippen LogP contribution < -0.4 is 5.32 Å². The Morgan fingerprint density at radius 2 is 2.27 bits per heavy atom. The molecule has 2 N–H and O–H groups in total. The molecule has 1 atom stereocenters. The van der Waals surface area contributed by atoms with E-state index in [9.17, 15) is 9.59 Å². The number of esters is 1. The maximum absolute atomic E-state index is 12.2.